The summed E-state index contributed by atoms with van der Waals surface area (Å²) in [4.78, 5) is 24.4. The van der Waals surface area contributed by atoms with Crippen molar-refractivity contribution in [3.05, 3.63) is 68.2 Å². The molecule has 0 spiro atoms. The van der Waals surface area contributed by atoms with E-state index in [4.69, 9.17) is 16.3 Å². The first-order valence-corrected chi connectivity index (χ1v) is 8.23. The van der Waals surface area contributed by atoms with E-state index in [1.807, 2.05) is 18.2 Å². The molecule has 1 heterocycles. The second-order valence-electron chi connectivity index (χ2n) is 6.00. The molecule has 1 aliphatic rings. The molecule has 0 radical (unpaired) electrons. The molecule has 7 heteroatoms. The maximum Gasteiger partial charge on any atom is 0.269 e. The predicted molar refractivity (Wildman–Crippen MR) is 93.9 cm³/mol. The summed E-state index contributed by atoms with van der Waals surface area (Å²) in [5.41, 5.74) is 2.55. The standard InChI is InChI=1S/C18H17ClN2O4/c1-20(11-14-10-15(21(23)24)3-4-16(14)19)18(22)9-12-2-5-17-13(8-12)6-7-25-17/h2-5,8,10H,6-7,9,11H2,1H3. The van der Waals surface area contributed by atoms with Crippen LogP contribution in [0.5, 0.6) is 5.75 Å². The Morgan fingerprint density at radius 2 is 2.12 bits per heavy atom. The van der Waals surface area contributed by atoms with E-state index in [9.17, 15) is 14.9 Å². The molecule has 1 aliphatic heterocycles. The number of likely N-dealkylation sites (N-methyl/N-ethyl adjacent to an activating group) is 1. The van der Waals surface area contributed by atoms with Crippen LogP contribution in [0, 0.1) is 10.1 Å². The summed E-state index contributed by atoms with van der Waals surface area (Å²) >= 11 is 6.10. The first-order chi connectivity index (χ1) is 11.9. The molecule has 0 N–H and O–H groups in total. The maximum atomic E-state index is 12.5. The molecule has 0 aliphatic carbocycles. The molecule has 130 valence electrons. The number of nitrogens with zero attached hydrogens (tertiary/aromatic N) is 2. The second kappa shape index (κ2) is 7.11. The van der Waals surface area contributed by atoms with Crippen molar-refractivity contribution in [1.29, 1.82) is 0 Å². The molecule has 1 amide bonds. The van der Waals surface area contributed by atoms with Gasteiger partial charge in [-0.25, -0.2) is 0 Å². The molecule has 0 unspecified atom stereocenters. The zero-order valence-electron chi connectivity index (χ0n) is 13.7. The van der Waals surface area contributed by atoms with E-state index in [0.717, 1.165) is 23.3 Å². The summed E-state index contributed by atoms with van der Waals surface area (Å²) in [6.45, 7) is 0.894. The van der Waals surface area contributed by atoms with Crippen LogP contribution in [0.25, 0.3) is 0 Å². The van der Waals surface area contributed by atoms with Crippen LogP contribution < -0.4 is 4.74 Å². The van der Waals surface area contributed by atoms with Gasteiger partial charge in [-0.2, -0.15) is 0 Å². The van der Waals surface area contributed by atoms with E-state index in [0.29, 0.717) is 17.2 Å². The highest BCUT2D eigenvalue weighted by atomic mass is 35.5. The summed E-state index contributed by atoms with van der Waals surface area (Å²) in [5, 5.41) is 11.3. The highest BCUT2D eigenvalue weighted by Crippen LogP contribution is 2.26. The van der Waals surface area contributed by atoms with Crippen molar-refractivity contribution in [3.63, 3.8) is 0 Å². The van der Waals surface area contributed by atoms with Crippen LogP contribution in [0.3, 0.4) is 0 Å². The molecule has 0 bridgehead atoms. The van der Waals surface area contributed by atoms with Gasteiger partial charge in [-0.05, 0) is 28.8 Å². The number of nitro groups is 1. The zero-order chi connectivity index (χ0) is 18.0. The van der Waals surface area contributed by atoms with Gasteiger partial charge in [0.25, 0.3) is 5.69 Å². The van der Waals surface area contributed by atoms with Crippen LogP contribution in [-0.2, 0) is 24.2 Å². The Kier molecular flexibility index (Phi) is 4.90. The number of carbonyl (C=O) groups is 1. The van der Waals surface area contributed by atoms with Crippen molar-refractivity contribution in [3.8, 4) is 5.75 Å². The number of ether oxygens (including phenoxy) is 1. The van der Waals surface area contributed by atoms with Gasteiger partial charge in [-0.3, -0.25) is 14.9 Å². The molecule has 3 rings (SSSR count). The molecular formula is C18H17ClN2O4. The number of amides is 1. The van der Waals surface area contributed by atoms with Crippen LogP contribution in [0.2, 0.25) is 5.02 Å². The van der Waals surface area contributed by atoms with E-state index in [2.05, 4.69) is 0 Å². The van der Waals surface area contributed by atoms with Crippen LogP contribution in [0.15, 0.2) is 36.4 Å². The highest BCUT2D eigenvalue weighted by Gasteiger charge is 2.17. The topological polar surface area (TPSA) is 72.7 Å². The monoisotopic (exact) mass is 360 g/mol. The lowest BCUT2D eigenvalue weighted by molar-refractivity contribution is -0.384. The molecule has 2 aromatic carbocycles. The Labute approximate surface area is 150 Å². The van der Waals surface area contributed by atoms with E-state index in [-0.39, 0.29) is 24.6 Å². The van der Waals surface area contributed by atoms with Crippen molar-refractivity contribution in [2.24, 2.45) is 0 Å². The number of hydrogen-bond donors (Lipinski definition) is 0. The number of rotatable bonds is 5. The summed E-state index contributed by atoms with van der Waals surface area (Å²) in [6, 6.07) is 10.00. The van der Waals surface area contributed by atoms with Crippen molar-refractivity contribution in [1.82, 2.24) is 4.90 Å². The molecule has 2 aromatic rings. The fraction of sp³-hybridized carbons (Fsp3) is 0.278. The highest BCUT2D eigenvalue weighted by molar-refractivity contribution is 6.31. The number of halogens is 1. The molecule has 0 atom stereocenters. The van der Waals surface area contributed by atoms with Gasteiger partial charge in [-0.15, -0.1) is 0 Å². The van der Waals surface area contributed by atoms with E-state index in [1.54, 1.807) is 7.05 Å². The summed E-state index contributed by atoms with van der Waals surface area (Å²) < 4.78 is 5.46. The number of hydrogen-bond acceptors (Lipinski definition) is 4. The minimum absolute atomic E-state index is 0.0427. The molecule has 0 saturated heterocycles. The van der Waals surface area contributed by atoms with Gasteiger partial charge in [0.05, 0.1) is 18.0 Å². The van der Waals surface area contributed by atoms with E-state index < -0.39 is 4.92 Å². The van der Waals surface area contributed by atoms with Gasteiger partial charge in [0.1, 0.15) is 5.75 Å². The lowest BCUT2D eigenvalue weighted by atomic mass is 10.1. The SMILES string of the molecule is CN(Cc1cc([N+](=O)[O-])ccc1Cl)C(=O)Cc1ccc2c(c1)CCO2. The van der Waals surface area contributed by atoms with Crippen molar-refractivity contribution < 1.29 is 14.5 Å². The average molecular weight is 361 g/mol. The fourth-order valence-electron chi connectivity index (χ4n) is 2.80. The van der Waals surface area contributed by atoms with Gasteiger partial charge in [0.15, 0.2) is 0 Å². The van der Waals surface area contributed by atoms with Crippen LogP contribution >= 0.6 is 11.6 Å². The molecule has 0 fully saturated rings. The Bertz CT molecular complexity index is 838. The molecule has 25 heavy (non-hydrogen) atoms. The summed E-state index contributed by atoms with van der Waals surface area (Å²) in [7, 11) is 1.66. The average Bonchev–Trinajstić information content (AvgIpc) is 3.04. The Morgan fingerprint density at radius 3 is 2.88 bits per heavy atom. The molecule has 0 aromatic heterocycles. The van der Waals surface area contributed by atoms with E-state index >= 15 is 0 Å². The minimum atomic E-state index is -0.478. The predicted octanol–water partition coefficient (Wildman–Crippen LogP) is 3.38. The Morgan fingerprint density at radius 1 is 1.32 bits per heavy atom. The van der Waals surface area contributed by atoms with Crippen LogP contribution in [0.4, 0.5) is 5.69 Å². The van der Waals surface area contributed by atoms with Crippen LogP contribution in [0.1, 0.15) is 16.7 Å². The third kappa shape index (κ3) is 3.91. The lowest BCUT2D eigenvalue weighted by Crippen LogP contribution is -2.27. The molecule has 6 nitrogen and oxygen atoms in total. The van der Waals surface area contributed by atoms with E-state index in [1.165, 1.54) is 23.1 Å². The normalized spacial score (nSPS) is 12.4. The number of fused-ring (bicyclic) bond motifs is 1. The van der Waals surface area contributed by atoms with Crippen molar-refractivity contribution in [2.45, 2.75) is 19.4 Å². The largest absolute Gasteiger partial charge is 0.493 e. The van der Waals surface area contributed by atoms with Crippen molar-refractivity contribution in [2.75, 3.05) is 13.7 Å². The first-order valence-electron chi connectivity index (χ1n) is 7.85. The molecule has 0 saturated carbocycles. The Balaban J connectivity index is 1.69. The van der Waals surface area contributed by atoms with Crippen LogP contribution in [-0.4, -0.2) is 29.4 Å². The third-order valence-electron chi connectivity index (χ3n) is 4.18. The minimum Gasteiger partial charge on any atom is -0.493 e. The van der Waals surface area contributed by atoms with Gasteiger partial charge in [0, 0.05) is 37.2 Å². The van der Waals surface area contributed by atoms with Gasteiger partial charge >= 0.3 is 0 Å². The summed E-state index contributed by atoms with van der Waals surface area (Å²) in [6.07, 6.45) is 1.12. The summed E-state index contributed by atoms with van der Waals surface area (Å²) in [5.74, 6) is 0.800. The van der Waals surface area contributed by atoms with Crippen molar-refractivity contribution >= 4 is 23.2 Å². The second-order valence-corrected chi connectivity index (χ2v) is 6.41. The maximum absolute atomic E-state index is 12.5. The molecular weight excluding hydrogens is 344 g/mol. The van der Waals surface area contributed by atoms with Gasteiger partial charge < -0.3 is 9.64 Å². The number of non-ortho nitro benzene ring substituents is 1. The number of benzene rings is 2. The quantitative estimate of drug-likeness (QED) is 0.605. The third-order valence-corrected chi connectivity index (χ3v) is 4.55. The van der Waals surface area contributed by atoms with Gasteiger partial charge in [0.2, 0.25) is 5.91 Å². The smallest absolute Gasteiger partial charge is 0.269 e. The van der Waals surface area contributed by atoms with Gasteiger partial charge in [-0.1, -0.05) is 23.7 Å². The zero-order valence-corrected chi connectivity index (χ0v) is 14.5. The lowest BCUT2D eigenvalue weighted by Gasteiger charge is -2.18. The number of nitro benzene ring substituents is 1. The fourth-order valence-corrected chi connectivity index (χ4v) is 2.98. The Hall–Kier alpha value is -2.60. The number of carbonyl (C=O) groups excluding carboxylic acids is 1. The first kappa shape index (κ1) is 17.2.